The van der Waals surface area contributed by atoms with E-state index in [2.05, 4.69) is 19.9 Å². The average molecular weight is 307 g/mol. The number of halogens is 1. The van der Waals surface area contributed by atoms with E-state index in [1.807, 2.05) is 25.1 Å². The molecule has 0 saturated carbocycles. The molecular formula is C13H11ClN4OS. The summed E-state index contributed by atoms with van der Waals surface area (Å²) in [4.78, 5) is 15.7. The van der Waals surface area contributed by atoms with Crippen LogP contribution in [0.5, 0.6) is 5.75 Å². The van der Waals surface area contributed by atoms with Gasteiger partial charge in [-0.2, -0.15) is 0 Å². The number of nitrogens with zero attached hydrogens (tertiary/aromatic N) is 3. The number of imidazole rings is 1. The van der Waals surface area contributed by atoms with Crippen LogP contribution in [0.4, 0.5) is 0 Å². The van der Waals surface area contributed by atoms with Gasteiger partial charge in [0, 0.05) is 12.1 Å². The van der Waals surface area contributed by atoms with Gasteiger partial charge in [-0.15, -0.1) is 0 Å². The first-order chi connectivity index (χ1) is 9.74. The number of H-pyrrole nitrogens is 1. The molecular weight excluding hydrogens is 296 g/mol. The van der Waals surface area contributed by atoms with Crippen LogP contribution in [0.2, 0.25) is 5.15 Å². The standard InChI is InChI=1S/C13H11ClN4OS/c1-2-19-8-3-4-9-10(5-8)18-13(17-9)20-12-6-11(14)15-7-16-12/h3-7H,2H2,1H3,(H,17,18). The molecule has 0 saturated heterocycles. The molecule has 2 aromatic heterocycles. The van der Waals surface area contributed by atoms with E-state index >= 15 is 0 Å². The van der Waals surface area contributed by atoms with Crippen molar-refractivity contribution in [3.05, 3.63) is 35.7 Å². The Bertz CT molecular complexity index is 746. The Morgan fingerprint density at radius 2 is 2.20 bits per heavy atom. The predicted molar refractivity (Wildman–Crippen MR) is 78.4 cm³/mol. The maximum Gasteiger partial charge on any atom is 0.172 e. The van der Waals surface area contributed by atoms with Gasteiger partial charge in [-0.3, -0.25) is 0 Å². The molecule has 102 valence electrons. The molecule has 0 aliphatic rings. The van der Waals surface area contributed by atoms with Crippen molar-refractivity contribution in [1.82, 2.24) is 19.9 Å². The van der Waals surface area contributed by atoms with Gasteiger partial charge in [-0.25, -0.2) is 15.0 Å². The fraction of sp³-hybridized carbons (Fsp3) is 0.154. The normalized spacial score (nSPS) is 10.9. The number of benzene rings is 1. The van der Waals surface area contributed by atoms with Crippen molar-refractivity contribution in [2.45, 2.75) is 17.1 Å². The van der Waals surface area contributed by atoms with Crippen molar-refractivity contribution >= 4 is 34.4 Å². The molecule has 5 nitrogen and oxygen atoms in total. The number of aromatic nitrogens is 4. The highest BCUT2D eigenvalue weighted by Crippen LogP contribution is 2.27. The summed E-state index contributed by atoms with van der Waals surface area (Å²) in [5.74, 6) is 0.824. The van der Waals surface area contributed by atoms with Gasteiger partial charge >= 0.3 is 0 Å². The van der Waals surface area contributed by atoms with Crippen molar-refractivity contribution in [3.8, 4) is 5.75 Å². The van der Waals surface area contributed by atoms with Crippen molar-refractivity contribution in [3.63, 3.8) is 0 Å². The lowest BCUT2D eigenvalue weighted by atomic mass is 10.3. The third kappa shape index (κ3) is 2.86. The molecule has 3 aromatic rings. The van der Waals surface area contributed by atoms with Gasteiger partial charge in [-0.05, 0) is 30.8 Å². The summed E-state index contributed by atoms with van der Waals surface area (Å²) >= 11 is 7.24. The minimum atomic E-state index is 0.414. The molecule has 0 unspecified atom stereocenters. The summed E-state index contributed by atoms with van der Waals surface area (Å²) < 4.78 is 5.46. The molecule has 0 fully saturated rings. The largest absolute Gasteiger partial charge is 0.494 e. The molecule has 1 aromatic carbocycles. The number of hydrogen-bond donors (Lipinski definition) is 1. The van der Waals surface area contributed by atoms with Crippen LogP contribution in [0.15, 0.2) is 40.8 Å². The SMILES string of the molecule is CCOc1ccc2nc(Sc3cc(Cl)ncn3)[nH]c2c1. The minimum absolute atomic E-state index is 0.414. The maximum absolute atomic E-state index is 5.83. The molecule has 0 aliphatic heterocycles. The van der Waals surface area contributed by atoms with E-state index in [1.54, 1.807) is 6.07 Å². The Labute approximate surface area is 124 Å². The van der Waals surface area contributed by atoms with Crippen molar-refractivity contribution in [2.75, 3.05) is 6.61 Å². The number of ether oxygens (including phenoxy) is 1. The third-order valence-corrected chi connectivity index (χ3v) is 3.58. The summed E-state index contributed by atoms with van der Waals surface area (Å²) in [5, 5.41) is 1.91. The monoisotopic (exact) mass is 306 g/mol. The maximum atomic E-state index is 5.83. The van der Waals surface area contributed by atoms with E-state index < -0.39 is 0 Å². The highest BCUT2D eigenvalue weighted by Gasteiger charge is 2.07. The summed E-state index contributed by atoms with van der Waals surface area (Å²) in [6, 6.07) is 7.46. The van der Waals surface area contributed by atoms with Gasteiger partial charge in [-0.1, -0.05) is 11.6 Å². The molecule has 1 N–H and O–H groups in total. The van der Waals surface area contributed by atoms with E-state index in [4.69, 9.17) is 16.3 Å². The fourth-order valence-electron chi connectivity index (χ4n) is 1.74. The molecule has 0 amide bonds. The zero-order chi connectivity index (χ0) is 13.9. The number of hydrogen-bond acceptors (Lipinski definition) is 5. The lowest BCUT2D eigenvalue weighted by Gasteiger charge is -2.00. The van der Waals surface area contributed by atoms with Gasteiger partial charge in [0.2, 0.25) is 0 Å². The van der Waals surface area contributed by atoms with E-state index in [1.165, 1.54) is 18.1 Å². The molecule has 0 bridgehead atoms. The van der Waals surface area contributed by atoms with Gasteiger partial charge in [0.15, 0.2) is 5.16 Å². The molecule has 0 spiro atoms. The lowest BCUT2D eigenvalue weighted by molar-refractivity contribution is 0.340. The zero-order valence-electron chi connectivity index (χ0n) is 10.6. The molecule has 2 heterocycles. The van der Waals surface area contributed by atoms with Crippen LogP contribution < -0.4 is 4.74 Å². The molecule has 0 radical (unpaired) electrons. The second-order valence-corrected chi connectivity index (χ2v) is 5.33. The number of aromatic amines is 1. The molecule has 0 atom stereocenters. The van der Waals surface area contributed by atoms with Crippen LogP contribution >= 0.6 is 23.4 Å². The summed E-state index contributed by atoms with van der Waals surface area (Å²) in [6.45, 7) is 2.60. The van der Waals surface area contributed by atoms with E-state index in [-0.39, 0.29) is 0 Å². The average Bonchev–Trinajstić information content (AvgIpc) is 2.80. The Balaban J connectivity index is 1.89. The summed E-state index contributed by atoms with van der Waals surface area (Å²) in [5.41, 5.74) is 1.81. The van der Waals surface area contributed by atoms with Crippen molar-refractivity contribution in [1.29, 1.82) is 0 Å². The van der Waals surface area contributed by atoms with Crippen molar-refractivity contribution in [2.24, 2.45) is 0 Å². The van der Waals surface area contributed by atoms with Crippen LogP contribution in [-0.4, -0.2) is 26.5 Å². The molecule has 0 aliphatic carbocycles. The van der Waals surface area contributed by atoms with Gasteiger partial charge < -0.3 is 9.72 Å². The predicted octanol–water partition coefficient (Wildman–Crippen LogP) is 3.56. The lowest BCUT2D eigenvalue weighted by Crippen LogP contribution is -1.90. The number of nitrogens with one attached hydrogen (secondary N) is 1. The first kappa shape index (κ1) is 13.2. The topological polar surface area (TPSA) is 63.7 Å². The van der Waals surface area contributed by atoms with E-state index in [9.17, 15) is 0 Å². The van der Waals surface area contributed by atoms with E-state index in [0.29, 0.717) is 11.8 Å². The van der Waals surface area contributed by atoms with E-state index in [0.717, 1.165) is 27.0 Å². The van der Waals surface area contributed by atoms with Crippen LogP contribution in [-0.2, 0) is 0 Å². The van der Waals surface area contributed by atoms with Gasteiger partial charge in [0.1, 0.15) is 22.3 Å². The molecule has 7 heteroatoms. The van der Waals surface area contributed by atoms with Gasteiger partial charge in [0.05, 0.1) is 17.6 Å². The fourth-order valence-corrected chi connectivity index (χ4v) is 2.73. The second-order valence-electron chi connectivity index (χ2n) is 3.93. The Morgan fingerprint density at radius 3 is 3.00 bits per heavy atom. The number of fused-ring (bicyclic) bond motifs is 1. The third-order valence-electron chi connectivity index (χ3n) is 2.55. The number of rotatable bonds is 4. The Kier molecular flexibility index (Phi) is 3.75. The van der Waals surface area contributed by atoms with Crippen LogP contribution in [0.1, 0.15) is 6.92 Å². The summed E-state index contributed by atoms with van der Waals surface area (Å²) in [6.07, 6.45) is 1.43. The Hall–Kier alpha value is -1.79. The highest BCUT2D eigenvalue weighted by molar-refractivity contribution is 7.99. The second kappa shape index (κ2) is 5.68. The van der Waals surface area contributed by atoms with Crippen LogP contribution in [0.3, 0.4) is 0 Å². The molecule has 3 rings (SSSR count). The van der Waals surface area contributed by atoms with Crippen molar-refractivity contribution < 1.29 is 4.74 Å². The quantitative estimate of drug-likeness (QED) is 0.747. The Morgan fingerprint density at radius 1 is 1.30 bits per heavy atom. The minimum Gasteiger partial charge on any atom is -0.494 e. The first-order valence-corrected chi connectivity index (χ1v) is 7.22. The molecule has 20 heavy (non-hydrogen) atoms. The summed E-state index contributed by atoms with van der Waals surface area (Å²) in [7, 11) is 0. The smallest absolute Gasteiger partial charge is 0.172 e. The first-order valence-electron chi connectivity index (χ1n) is 6.02. The van der Waals surface area contributed by atoms with Gasteiger partial charge in [0.25, 0.3) is 0 Å². The zero-order valence-corrected chi connectivity index (χ0v) is 12.2. The highest BCUT2D eigenvalue weighted by atomic mass is 35.5. The van der Waals surface area contributed by atoms with Crippen LogP contribution in [0.25, 0.3) is 11.0 Å². The van der Waals surface area contributed by atoms with Crippen LogP contribution in [0, 0.1) is 0 Å².